The summed E-state index contributed by atoms with van der Waals surface area (Å²) in [5.41, 5.74) is 1.56. The Morgan fingerprint density at radius 3 is 3.07 bits per heavy atom. The molecular formula is C11H14ClN3. The predicted molar refractivity (Wildman–Crippen MR) is 62.1 cm³/mol. The van der Waals surface area contributed by atoms with Crippen LogP contribution < -0.4 is 5.32 Å². The summed E-state index contributed by atoms with van der Waals surface area (Å²) < 4.78 is 0. The predicted octanol–water partition coefficient (Wildman–Crippen LogP) is 3.04. The minimum Gasteiger partial charge on any atom is -0.370 e. The van der Waals surface area contributed by atoms with Gasteiger partial charge in [-0.15, -0.1) is 0 Å². The van der Waals surface area contributed by atoms with Crippen LogP contribution in [-0.4, -0.2) is 16.5 Å². The summed E-state index contributed by atoms with van der Waals surface area (Å²) in [7, 11) is 0. The Morgan fingerprint density at radius 1 is 1.40 bits per heavy atom. The molecule has 0 bridgehead atoms. The molecule has 0 saturated carbocycles. The zero-order chi connectivity index (χ0) is 10.5. The average molecular weight is 224 g/mol. The molecule has 3 nitrogen and oxygen atoms in total. The molecule has 1 N–H and O–H groups in total. The van der Waals surface area contributed by atoms with Crippen LogP contribution in [0.2, 0.25) is 5.15 Å². The minimum atomic E-state index is 0.479. The van der Waals surface area contributed by atoms with E-state index in [4.69, 9.17) is 11.6 Å². The van der Waals surface area contributed by atoms with Crippen LogP contribution in [0.25, 0.3) is 0 Å². The van der Waals surface area contributed by atoms with E-state index in [0.717, 1.165) is 18.8 Å². The Hall–Kier alpha value is -1.09. The second kappa shape index (κ2) is 5.12. The Bertz CT molecular complexity index is 363. The van der Waals surface area contributed by atoms with Gasteiger partial charge in [0.05, 0.1) is 0 Å². The third-order valence-corrected chi connectivity index (χ3v) is 2.73. The summed E-state index contributed by atoms with van der Waals surface area (Å²) in [5, 5.41) is 3.72. The van der Waals surface area contributed by atoms with Gasteiger partial charge >= 0.3 is 0 Å². The maximum atomic E-state index is 5.75. The smallest absolute Gasteiger partial charge is 0.134 e. The van der Waals surface area contributed by atoms with E-state index in [9.17, 15) is 0 Å². The highest BCUT2D eigenvalue weighted by atomic mass is 35.5. The number of hydrogen-bond acceptors (Lipinski definition) is 3. The molecule has 0 spiro atoms. The quantitative estimate of drug-likeness (QED) is 0.630. The average Bonchev–Trinajstić information content (AvgIpc) is 2.71. The van der Waals surface area contributed by atoms with E-state index < -0.39 is 0 Å². The maximum Gasteiger partial charge on any atom is 0.134 e. The first-order valence-corrected chi connectivity index (χ1v) is 5.62. The van der Waals surface area contributed by atoms with E-state index in [2.05, 4.69) is 21.4 Å². The van der Waals surface area contributed by atoms with Gasteiger partial charge in [0.15, 0.2) is 0 Å². The van der Waals surface area contributed by atoms with E-state index in [1.54, 1.807) is 11.6 Å². The Balaban J connectivity index is 1.78. The van der Waals surface area contributed by atoms with Crippen LogP contribution in [0.4, 0.5) is 5.82 Å². The summed E-state index contributed by atoms with van der Waals surface area (Å²) in [6.45, 7) is 0.916. The van der Waals surface area contributed by atoms with Crippen molar-refractivity contribution in [1.82, 2.24) is 9.97 Å². The first-order chi connectivity index (χ1) is 7.34. The van der Waals surface area contributed by atoms with Gasteiger partial charge in [0, 0.05) is 12.6 Å². The second-order valence-corrected chi connectivity index (χ2v) is 4.04. The van der Waals surface area contributed by atoms with Crippen LogP contribution in [0.5, 0.6) is 0 Å². The molecule has 4 heteroatoms. The fraction of sp³-hybridized carbons (Fsp3) is 0.455. The van der Waals surface area contributed by atoms with Gasteiger partial charge in [0.1, 0.15) is 17.3 Å². The number of nitrogens with zero attached hydrogens (tertiary/aromatic N) is 2. The number of aromatic nitrogens is 2. The van der Waals surface area contributed by atoms with Gasteiger partial charge in [-0.1, -0.05) is 23.3 Å². The molecule has 0 saturated heterocycles. The van der Waals surface area contributed by atoms with Crippen LogP contribution in [0.15, 0.2) is 24.0 Å². The summed E-state index contributed by atoms with van der Waals surface area (Å²) in [6, 6.07) is 1.74. The van der Waals surface area contributed by atoms with E-state index in [0.29, 0.717) is 5.15 Å². The number of anilines is 1. The molecule has 1 aliphatic rings. The summed E-state index contributed by atoms with van der Waals surface area (Å²) in [5.74, 6) is 0.800. The van der Waals surface area contributed by atoms with Gasteiger partial charge < -0.3 is 5.32 Å². The Kier molecular flexibility index (Phi) is 3.56. The van der Waals surface area contributed by atoms with Gasteiger partial charge in [-0.05, 0) is 25.7 Å². The van der Waals surface area contributed by atoms with Crippen molar-refractivity contribution in [2.24, 2.45) is 0 Å². The first kappa shape index (κ1) is 10.4. The van der Waals surface area contributed by atoms with Gasteiger partial charge in [-0.25, -0.2) is 9.97 Å². The van der Waals surface area contributed by atoms with Gasteiger partial charge in [0.25, 0.3) is 0 Å². The van der Waals surface area contributed by atoms with Crippen molar-refractivity contribution in [3.8, 4) is 0 Å². The number of halogens is 1. The molecule has 2 rings (SSSR count). The molecule has 0 unspecified atom stereocenters. The van der Waals surface area contributed by atoms with Crippen molar-refractivity contribution in [2.75, 3.05) is 11.9 Å². The Morgan fingerprint density at radius 2 is 2.33 bits per heavy atom. The van der Waals surface area contributed by atoms with Gasteiger partial charge in [-0.2, -0.15) is 0 Å². The third kappa shape index (κ3) is 3.20. The molecule has 1 heterocycles. The largest absolute Gasteiger partial charge is 0.370 e. The van der Waals surface area contributed by atoms with E-state index in [1.165, 1.54) is 25.6 Å². The van der Waals surface area contributed by atoms with Crippen LogP contribution in [0.3, 0.4) is 0 Å². The molecule has 1 aromatic rings. The lowest BCUT2D eigenvalue weighted by Crippen LogP contribution is -2.04. The van der Waals surface area contributed by atoms with Gasteiger partial charge in [-0.3, -0.25) is 0 Å². The first-order valence-electron chi connectivity index (χ1n) is 5.24. The summed E-state index contributed by atoms with van der Waals surface area (Å²) >= 11 is 5.75. The Labute approximate surface area is 94.6 Å². The third-order valence-electron chi connectivity index (χ3n) is 2.52. The normalized spacial score (nSPS) is 15.1. The summed E-state index contributed by atoms with van der Waals surface area (Å²) in [4.78, 5) is 7.91. The van der Waals surface area contributed by atoms with Crippen LogP contribution in [-0.2, 0) is 0 Å². The highest BCUT2D eigenvalue weighted by Gasteiger charge is 2.03. The van der Waals surface area contributed by atoms with Crippen molar-refractivity contribution in [1.29, 1.82) is 0 Å². The molecule has 1 aliphatic carbocycles. The highest BCUT2D eigenvalue weighted by Crippen LogP contribution is 2.20. The van der Waals surface area contributed by atoms with Crippen LogP contribution in [0.1, 0.15) is 25.7 Å². The number of rotatable bonds is 4. The number of allylic oxidation sites excluding steroid dienone is 1. The second-order valence-electron chi connectivity index (χ2n) is 3.66. The molecule has 0 atom stereocenters. The van der Waals surface area contributed by atoms with Gasteiger partial charge in [0.2, 0.25) is 0 Å². The summed E-state index contributed by atoms with van der Waals surface area (Å²) in [6.07, 6.45) is 8.73. The van der Waals surface area contributed by atoms with Crippen molar-refractivity contribution < 1.29 is 0 Å². The van der Waals surface area contributed by atoms with Crippen molar-refractivity contribution in [3.63, 3.8) is 0 Å². The molecule has 15 heavy (non-hydrogen) atoms. The monoisotopic (exact) mass is 223 g/mol. The standard InChI is InChI=1S/C11H14ClN3/c12-10-7-11(15-8-14-10)13-6-5-9-3-1-2-4-9/h3,7-8H,1-2,4-6H2,(H,13,14,15). The SMILES string of the molecule is Clc1cc(NCCC2=CCCC2)ncn1. The van der Waals surface area contributed by atoms with Crippen molar-refractivity contribution in [3.05, 3.63) is 29.2 Å². The molecule has 0 aromatic carbocycles. The molecule has 0 aliphatic heterocycles. The minimum absolute atomic E-state index is 0.479. The fourth-order valence-corrected chi connectivity index (χ4v) is 1.89. The number of hydrogen-bond donors (Lipinski definition) is 1. The van der Waals surface area contributed by atoms with E-state index in [1.807, 2.05) is 0 Å². The van der Waals surface area contributed by atoms with Crippen molar-refractivity contribution in [2.45, 2.75) is 25.7 Å². The van der Waals surface area contributed by atoms with Crippen LogP contribution >= 0.6 is 11.6 Å². The molecule has 80 valence electrons. The van der Waals surface area contributed by atoms with E-state index in [-0.39, 0.29) is 0 Å². The van der Waals surface area contributed by atoms with Crippen molar-refractivity contribution >= 4 is 17.4 Å². The zero-order valence-corrected chi connectivity index (χ0v) is 9.30. The van der Waals surface area contributed by atoms with E-state index >= 15 is 0 Å². The molecule has 0 fully saturated rings. The lowest BCUT2D eigenvalue weighted by molar-refractivity contribution is 0.861. The highest BCUT2D eigenvalue weighted by molar-refractivity contribution is 6.29. The fourth-order valence-electron chi connectivity index (χ4n) is 1.75. The molecular weight excluding hydrogens is 210 g/mol. The lowest BCUT2D eigenvalue weighted by atomic mass is 10.2. The molecule has 1 aromatic heterocycles. The number of nitrogens with one attached hydrogen (secondary N) is 1. The zero-order valence-electron chi connectivity index (χ0n) is 8.54. The molecule has 0 radical (unpaired) electrons. The lowest BCUT2D eigenvalue weighted by Gasteiger charge is -2.05. The topological polar surface area (TPSA) is 37.8 Å². The molecule has 0 amide bonds. The van der Waals surface area contributed by atoms with Crippen LogP contribution in [0, 0.1) is 0 Å². The maximum absolute atomic E-state index is 5.75.